The molecule has 1 aliphatic rings. The molecule has 1 aliphatic heterocycles. The number of likely N-dealkylation sites (tertiary alicyclic amines) is 1. The molecular formula is C21H22N2O5S. The number of benzene rings is 2. The molecule has 1 saturated heterocycles. The van der Waals surface area contributed by atoms with E-state index in [9.17, 15) is 13.2 Å². The van der Waals surface area contributed by atoms with Crippen LogP contribution in [0.3, 0.4) is 0 Å². The van der Waals surface area contributed by atoms with E-state index in [1.807, 2.05) is 12.1 Å². The average molecular weight is 414 g/mol. The topological polar surface area (TPSA) is 101 Å². The van der Waals surface area contributed by atoms with E-state index in [4.69, 9.17) is 9.52 Å². The highest BCUT2D eigenvalue weighted by atomic mass is 32.2. The van der Waals surface area contributed by atoms with E-state index in [0.717, 1.165) is 31.6 Å². The Kier molecular flexibility index (Phi) is 5.14. The second-order valence-corrected chi connectivity index (χ2v) is 9.59. The van der Waals surface area contributed by atoms with Crippen molar-refractivity contribution in [2.24, 2.45) is 0 Å². The number of hydrogen-bond acceptors (Lipinski definition) is 6. The van der Waals surface area contributed by atoms with Gasteiger partial charge in [0.2, 0.25) is 0 Å². The first-order chi connectivity index (χ1) is 13.9. The molecule has 7 nitrogen and oxygen atoms in total. The van der Waals surface area contributed by atoms with E-state index >= 15 is 0 Å². The van der Waals surface area contributed by atoms with Crippen LogP contribution >= 0.6 is 0 Å². The third-order valence-corrected chi connectivity index (χ3v) is 7.08. The monoisotopic (exact) mass is 414 g/mol. The van der Waals surface area contributed by atoms with Crippen LogP contribution in [0.2, 0.25) is 0 Å². The van der Waals surface area contributed by atoms with Crippen LogP contribution in [0.15, 0.2) is 51.8 Å². The first kappa shape index (κ1) is 19.6. The second-order valence-electron chi connectivity index (χ2n) is 7.31. The van der Waals surface area contributed by atoms with E-state index < -0.39 is 15.8 Å². The Bertz CT molecular complexity index is 1150. The molecule has 0 spiro atoms. The molecule has 2 aromatic carbocycles. The first-order valence-electron chi connectivity index (χ1n) is 9.53. The van der Waals surface area contributed by atoms with Crippen molar-refractivity contribution < 1.29 is 22.7 Å². The van der Waals surface area contributed by atoms with Crippen molar-refractivity contribution in [1.82, 2.24) is 9.88 Å². The average Bonchev–Trinajstić information content (AvgIpc) is 3.34. The number of rotatable bonds is 6. The summed E-state index contributed by atoms with van der Waals surface area (Å²) >= 11 is 0. The van der Waals surface area contributed by atoms with Gasteiger partial charge in [0.1, 0.15) is 5.52 Å². The van der Waals surface area contributed by atoms with Crippen LogP contribution in [0.4, 0.5) is 0 Å². The molecule has 0 unspecified atom stereocenters. The lowest BCUT2D eigenvalue weighted by Crippen LogP contribution is -2.19. The predicted molar refractivity (Wildman–Crippen MR) is 108 cm³/mol. The van der Waals surface area contributed by atoms with Crippen LogP contribution in [0.5, 0.6) is 0 Å². The summed E-state index contributed by atoms with van der Waals surface area (Å²) in [5, 5.41) is 9.00. The van der Waals surface area contributed by atoms with Gasteiger partial charge in [-0.05, 0) is 48.9 Å². The molecule has 1 fully saturated rings. The zero-order valence-electron chi connectivity index (χ0n) is 16.0. The van der Waals surface area contributed by atoms with Crippen molar-refractivity contribution >= 4 is 26.9 Å². The lowest BCUT2D eigenvalue weighted by molar-refractivity contribution is 0.0697. The van der Waals surface area contributed by atoms with Gasteiger partial charge in [-0.2, -0.15) is 0 Å². The summed E-state index contributed by atoms with van der Waals surface area (Å²) in [5.41, 5.74) is 2.50. The van der Waals surface area contributed by atoms with Gasteiger partial charge in [0, 0.05) is 19.0 Å². The van der Waals surface area contributed by atoms with Gasteiger partial charge < -0.3 is 9.52 Å². The number of carboxylic acid groups (broad SMARTS) is 1. The van der Waals surface area contributed by atoms with E-state index in [0.29, 0.717) is 17.0 Å². The molecule has 29 heavy (non-hydrogen) atoms. The van der Waals surface area contributed by atoms with Crippen molar-refractivity contribution in [2.75, 3.05) is 18.8 Å². The molecular weight excluding hydrogens is 392 g/mol. The largest absolute Gasteiger partial charge is 0.478 e. The lowest BCUT2D eigenvalue weighted by Gasteiger charge is -2.15. The summed E-state index contributed by atoms with van der Waals surface area (Å²) in [5.74, 6) is -0.0980. The van der Waals surface area contributed by atoms with Gasteiger partial charge in [0.05, 0.1) is 16.2 Å². The quantitative estimate of drug-likeness (QED) is 0.660. The minimum Gasteiger partial charge on any atom is -0.478 e. The van der Waals surface area contributed by atoms with Gasteiger partial charge >= 0.3 is 5.97 Å². The van der Waals surface area contributed by atoms with Gasteiger partial charge in [-0.3, -0.25) is 4.90 Å². The highest BCUT2D eigenvalue weighted by molar-refractivity contribution is 7.91. The third-order valence-electron chi connectivity index (χ3n) is 5.34. The number of hydrogen-bond donors (Lipinski definition) is 1. The minimum atomic E-state index is -3.28. The zero-order valence-corrected chi connectivity index (χ0v) is 16.9. The summed E-state index contributed by atoms with van der Waals surface area (Å²) in [4.78, 5) is 18.1. The molecule has 0 amide bonds. The third kappa shape index (κ3) is 4.04. The van der Waals surface area contributed by atoms with Gasteiger partial charge in [-0.25, -0.2) is 18.2 Å². The van der Waals surface area contributed by atoms with Crippen LogP contribution in [0.25, 0.3) is 11.1 Å². The summed E-state index contributed by atoms with van der Waals surface area (Å²) in [6, 6.07) is 11.7. The normalized spacial score (nSPS) is 17.8. The van der Waals surface area contributed by atoms with E-state index in [1.165, 1.54) is 0 Å². The fraction of sp³-hybridized carbons (Fsp3) is 0.333. The molecule has 8 heteroatoms. The Hall–Kier alpha value is -2.71. The summed E-state index contributed by atoms with van der Waals surface area (Å²) in [6.45, 7) is 4.03. The van der Waals surface area contributed by atoms with E-state index in [-0.39, 0.29) is 22.1 Å². The number of aromatic nitrogens is 1. The number of sulfone groups is 1. The smallest absolute Gasteiger partial charge is 0.335 e. The van der Waals surface area contributed by atoms with E-state index in [1.54, 1.807) is 37.3 Å². The molecule has 0 bridgehead atoms. The van der Waals surface area contributed by atoms with E-state index in [2.05, 4.69) is 9.88 Å². The second kappa shape index (κ2) is 7.61. The molecule has 1 atom stereocenters. The Labute approximate surface area is 168 Å². The van der Waals surface area contributed by atoms with Gasteiger partial charge in [0.15, 0.2) is 21.3 Å². The number of carbonyl (C=O) groups is 1. The highest BCUT2D eigenvalue weighted by Gasteiger charge is 2.28. The molecule has 0 saturated carbocycles. The summed E-state index contributed by atoms with van der Waals surface area (Å²) < 4.78 is 30.1. The van der Waals surface area contributed by atoms with Crippen LogP contribution in [-0.2, 0) is 16.4 Å². The Morgan fingerprint density at radius 2 is 2.00 bits per heavy atom. The number of fused-ring (bicyclic) bond motifs is 1. The molecule has 3 aromatic rings. The Balaban J connectivity index is 1.47. The van der Waals surface area contributed by atoms with Crippen molar-refractivity contribution in [3.05, 3.63) is 59.5 Å². The zero-order chi connectivity index (χ0) is 20.6. The maximum Gasteiger partial charge on any atom is 0.335 e. The van der Waals surface area contributed by atoms with Crippen molar-refractivity contribution in [2.45, 2.75) is 30.7 Å². The number of carboxylic acids is 1. The Morgan fingerprint density at radius 3 is 2.69 bits per heavy atom. The van der Waals surface area contributed by atoms with Gasteiger partial charge in [-0.15, -0.1) is 0 Å². The van der Waals surface area contributed by atoms with Crippen LogP contribution in [0.1, 0.15) is 41.1 Å². The van der Waals surface area contributed by atoms with Crippen molar-refractivity contribution in [1.29, 1.82) is 0 Å². The molecule has 4 rings (SSSR count). The summed E-state index contributed by atoms with van der Waals surface area (Å²) in [6.07, 6.45) is 0.903. The minimum absolute atomic E-state index is 0.0498. The fourth-order valence-electron chi connectivity index (χ4n) is 3.65. The van der Waals surface area contributed by atoms with Crippen molar-refractivity contribution in [3.63, 3.8) is 0 Å². The molecule has 2 heterocycles. The number of oxazole rings is 1. The fourth-order valence-corrected chi connectivity index (χ4v) is 4.55. The maximum absolute atomic E-state index is 12.1. The highest BCUT2D eigenvalue weighted by Crippen LogP contribution is 2.31. The van der Waals surface area contributed by atoms with Crippen molar-refractivity contribution in [3.8, 4) is 0 Å². The predicted octanol–water partition coefficient (Wildman–Crippen LogP) is 3.31. The van der Waals surface area contributed by atoms with Crippen LogP contribution in [-0.4, -0.2) is 48.2 Å². The Morgan fingerprint density at radius 1 is 1.24 bits per heavy atom. The molecule has 1 aromatic heterocycles. The lowest BCUT2D eigenvalue weighted by atomic mass is 10.1. The molecule has 1 N–H and O–H groups in total. The number of nitrogens with zero attached hydrogens (tertiary/aromatic N) is 2. The van der Waals surface area contributed by atoms with Gasteiger partial charge in [0.25, 0.3) is 0 Å². The maximum atomic E-state index is 12.1. The first-order valence-corrected chi connectivity index (χ1v) is 11.2. The molecule has 152 valence electrons. The standard InChI is InChI=1S/C21H22N2O5S/c1-2-29(26,27)17-7-8-19-18(11-17)22-20(28-19)16-9-10-23(13-16)12-14-3-5-15(6-4-14)21(24)25/h3-8,11,16H,2,9-10,12-13H2,1H3,(H,24,25)/t16-/m0/s1. The molecule has 0 aliphatic carbocycles. The number of aromatic carboxylic acids is 1. The van der Waals surface area contributed by atoms with Crippen LogP contribution in [0, 0.1) is 0 Å². The molecule has 0 radical (unpaired) electrons. The summed E-state index contributed by atoms with van der Waals surface area (Å²) in [7, 11) is -3.28. The van der Waals surface area contributed by atoms with Crippen LogP contribution < -0.4 is 0 Å². The van der Waals surface area contributed by atoms with Gasteiger partial charge in [-0.1, -0.05) is 19.1 Å². The SMILES string of the molecule is CCS(=O)(=O)c1ccc2oc([C@H]3CCN(Cc4ccc(C(=O)O)cc4)C3)nc2c1.